The summed E-state index contributed by atoms with van der Waals surface area (Å²) in [6, 6.07) is 28.3. The molecule has 4 rings (SSSR count). The van der Waals surface area contributed by atoms with Crippen LogP contribution < -0.4 is 5.32 Å². The summed E-state index contributed by atoms with van der Waals surface area (Å²) in [5, 5.41) is 3.86. The number of nitrogens with one attached hydrogen (secondary N) is 1. The summed E-state index contributed by atoms with van der Waals surface area (Å²) in [5.74, 6) is -0.453. The Morgan fingerprint density at radius 1 is 0.806 bits per heavy atom. The van der Waals surface area contributed by atoms with Gasteiger partial charge in [0.2, 0.25) is 0 Å². The van der Waals surface area contributed by atoms with Crippen LogP contribution in [0.25, 0.3) is 10.8 Å². The molecule has 4 aromatic carbocycles. The molecule has 1 atom stereocenters. The molecular formula is C26H20FNO2S. The van der Waals surface area contributed by atoms with E-state index in [1.54, 1.807) is 6.07 Å². The van der Waals surface area contributed by atoms with Gasteiger partial charge in [-0.15, -0.1) is 11.8 Å². The van der Waals surface area contributed by atoms with Gasteiger partial charge in [-0.05, 0) is 46.7 Å². The van der Waals surface area contributed by atoms with Gasteiger partial charge in [-0.25, -0.2) is 4.39 Å². The fraction of sp³-hybridized carbons (Fsp3) is 0.0769. The topological polar surface area (TPSA) is 46.2 Å². The van der Waals surface area contributed by atoms with E-state index in [2.05, 4.69) is 5.32 Å². The minimum atomic E-state index is -0.808. The van der Waals surface area contributed by atoms with Crippen molar-refractivity contribution in [3.8, 4) is 0 Å². The molecule has 0 heterocycles. The standard InChI is InChI=1S/C26H20FNO2S/c27-21-15-13-20(14-16-21)24(29)26(31-17-18-7-2-1-3-8-18)28-25(30)23-12-6-10-19-9-4-5-11-22(19)23/h1-16,26H,17H2,(H,28,30). The van der Waals surface area contributed by atoms with Crippen LogP contribution in [0.3, 0.4) is 0 Å². The fourth-order valence-corrected chi connectivity index (χ4v) is 4.35. The molecule has 154 valence electrons. The molecule has 0 aliphatic heterocycles. The van der Waals surface area contributed by atoms with E-state index in [9.17, 15) is 14.0 Å². The van der Waals surface area contributed by atoms with Gasteiger partial charge < -0.3 is 5.32 Å². The molecule has 0 bridgehead atoms. The molecule has 1 N–H and O–H groups in total. The summed E-state index contributed by atoms with van der Waals surface area (Å²) in [6.07, 6.45) is 0. The Balaban J connectivity index is 1.60. The first kappa shape index (κ1) is 20.8. The predicted molar refractivity (Wildman–Crippen MR) is 124 cm³/mol. The Morgan fingerprint density at radius 2 is 1.48 bits per heavy atom. The molecule has 3 nitrogen and oxygen atoms in total. The zero-order valence-corrected chi connectivity index (χ0v) is 17.4. The minimum Gasteiger partial charge on any atom is -0.333 e. The molecule has 0 radical (unpaired) electrons. The average molecular weight is 430 g/mol. The van der Waals surface area contributed by atoms with Gasteiger partial charge in [0.15, 0.2) is 5.78 Å². The highest BCUT2D eigenvalue weighted by Gasteiger charge is 2.24. The van der Waals surface area contributed by atoms with Crippen LogP contribution in [0, 0.1) is 5.82 Å². The number of hydrogen-bond acceptors (Lipinski definition) is 3. The Kier molecular flexibility index (Phi) is 6.43. The third-order valence-electron chi connectivity index (χ3n) is 4.92. The first-order valence-electron chi connectivity index (χ1n) is 9.86. The van der Waals surface area contributed by atoms with Crippen LogP contribution in [0.1, 0.15) is 26.3 Å². The molecule has 0 saturated heterocycles. The van der Waals surface area contributed by atoms with E-state index < -0.39 is 11.2 Å². The van der Waals surface area contributed by atoms with Gasteiger partial charge in [0.05, 0.1) is 0 Å². The number of carbonyl (C=O) groups is 2. The van der Waals surface area contributed by atoms with Crippen molar-refractivity contribution in [1.29, 1.82) is 0 Å². The molecule has 31 heavy (non-hydrogen) atoms. The maximum atomic E-state index is 13.3. The lowest BCUT2D eigenvalue weighted by atomic mass is 10.0. The highest BCUT2D eigenvalue weighted by Crippen LogP contribution is 2.23. The second-order valence-electron chi connectivity index (χ2n) is 7.05. The van der Waals surface area contributed by atoms with Gasteiger partial charge in [-0.2, -0.15) is 0 Å². The summed E-state index contributed by atoms with van der Waals surface area (Å²) in [6.45, 7) is 0. The van der Waals surface area contributed by atoms with E-state index in [1.807, 2.05) is 66.7 Å². The van der Waals surface area contributed by atoms with Crippen LogP contribution in [-0.2, 0) is 5.75 Å². The molecule has 4 aromatic rings. The van der Waals surface area contributed by atoms with Crippen molar-refractivity contribution in [2.24, 2.45) is 0 Å². The van der Waals surface area contributed by atoms with Crippen LogP contribution >= 0.6 is 11.8 Å². The van der Waals surface area contributed by atoms with Crippen molar-refractivity contribution in [1.82, 2.24) is 5.32 Å². The number of ketones is 1. The molecule has 0 aliphatic rings. The zero-order chi connectivity index (χ0) is 21.6. The van der Waals surface area contributed by atoms with Crippen LogP contribution in [0.5, 0.6) is 0 Å². The monoisotopic (exact) mass is 429 g/mol. The first-order chi connectivity index (χ1) is 15.1. The van der Waals surface area contributed by atoms with E-state index >= 15 is 0 Å². The number of amides is 1. The second kappa shape index (κ2) is 9.58. The van der Waals surface area contributed by atoms with E-state index in [-0.39, 0.29) is 11.7 Å². The SMILES string of the molecule is O=C(NC(SCc1ccccc1)C(=O)c1ccc(F)cc1)c1cccc2ccccc12. The maximum absolute atomic E-state index is 13.3. The number of benzene rings is 4. The number of carbonyl (C=O) groups excluding carboxylic acids is 2. The molecule has 0 aromatic heterocycles. The lowest BCUT2D eigenvalue weighted by Gasteiger charge is -2.18. The third kappa shape index (κ3) is 5.01. The van der Waals surface area contributed by atoms with Crippen LogP contribution in [0.2, 0.25) is 0 Å². The van der Waals surface area contributed by atoms with Crippen LogP contribution in [-0.4, -0.2) is 17.1 Å². The molecule has 1 unspecified atom stereocenters. The van der Waals surface area contributed by atoms with Crippen molar-refractivity contribution in [2.75, 3.05) is 0 Å². The highest BCUT2D eigenvalue weighted by molar-refractivity contribution is 7.99. The Labute approximate surface area is 184 Å². The molecule has 1 amide bonds. The number of hydrogen-bond donors (Lipinski definition) is 1. The molecule has 0 aliphatic carbocycles. The second-order valence-corrected chi connectivity index (χ2v) is 8.14. The highest BCUT2D eigenvalue weighted by atomic mass is 32.2. The third-order valence-corrected chi connectivity index (χ3v) is 6.09. The Morgan fingerprint density at radius 3 is 2.26 bits per heavy atom. The van der Waals surface area contributed by atoms with E-state index in [1.165, 1.54) is 36.0 Å². The van der Waals surface area contributed by atoms with E-state index in [0.29, 0.717) is 16.9 Å². The molecule has 0 fully saturated rings. The summed E-state index contributed by atoms with van der Waals surface area (Å²) >= 11 is 1.33. The van der Waals surface area contributed by atoms with Crippen molar-refractivity contribution in [2.45, 2.75) is 11.1 Å². The Hall–Kier alpha value is -3.44. The van der Waals surface area contributed by atoms with Gasteiger partial charge in [0.25, 0.3) is 5.91 Å². The van der Waals surface area contributed by atoms with Gasteiger partial charge in [-0.1, -0.05) is 66.7 Å². The summed E-state index contributed by atoms with van der Waals surface area (Å²) < 4.78 is 13.3. The first-order valence-corrected chi connectivity index (χ1v) is 10.9. The lowest BCUT2D eigenvalue weighted by Crippen LogP contribution is -2.38. The van der Waals surface area contributed by atoms with Crippen molar-refractivity contribution < 1.29 is 14.0 Å². The van der Waals surface area contributed by atoms with Crippen LogP contribution in [0.15, 0.2) is 97.1 Å². The normalized spacial score (nSPS) is 11.8. The van der Waals surface area contributed by atoms with Gasteiger partial charge >= 0.3 is 0 Å². The number of fused-ring (bicyclic) bond motifs is 1. The van der Waals surface area contributed by atoms with Crippen molar-refractivity contribution in [3.05, 3.63) is 120 Å². The minimum absolute atomic E-state index is 0.269. The van der Waals surface area contributed by atoms with E-state index in [4.69, 9.17) is 0 Å². The quantitative estimate of drug-likeness (QED) is 0.296. The summed E-state index contributed by atoms with van der Waals surface area (Å²) in [7, 11) is 0. The maximum Gasteiger partial charge on any atom is 0.253 e. The average Bonchev–Trinajstić information content (AvgIpc) is 2.82. The van der Waals surface area contributed by atoms with Gasteiger partial charge in [0.1, 0.15) is 11.2 Å². The number of rotatable bonds is 7. The summed E-state index contributed by atoms with van der Waals surface area (Å²) in [4.78, 5) is 26.3. The van der Waals surface area contributed by atoms with Crippen molar-refractivity contribution >= 4 is 34.2 Å². The number of thioether (sulfide) groups is 1. The molecule has 0 spiro atoms. The summed E-state index contributed by atoms with van der Waals surface area (Å²) in [5.41, 5.74) is 1.91. The van der Waals surface area contributed by atoms with Crippen LogP contribution in [0.4, 0.5) is 4.39 Å². The van der Waals surface area contributed by atoms with E-state index in [0.717, 1.165) is 16.3 Å². The number of halogens is 1. The zero-order valence-electron chi connectivity index (χ0n) is 16.6. The van der Waals surface area contributed by atoms with Gasteiger partial charge in [-0.3, -0.25) is 9.59 Å². The largest absolute Gasteiger partial charge is 0.333 e. The molecular weight excluding hydrogens is 409 g/mol. The molecule has 5 heteroatoms. The fourth-order valence-electron chi connectivity index (χ4n) is 3.32. The van der Waals surface area contributed by atoms with Crippen molar-refractivity contribution in [3.63, 3.8) is 0 Å². The smallest absolute Gasteiger partial charge is 0.253 e. The lowest BCUT2D eigenvalue weighted by molar-refractivity contribution is 0.0893. The predicted octanol–water partition coefficient (Wildman–Crippen LogP) is 5.85. The van der Waals surface area contributed by atoms with Gasteiger partial charge in [0, 0.05) is 16.9 Å². The Bertz CT molecular complexity index is 1200. The molecule has 0 saturated carbocycles. The number of Topliss-reactive ketones (excluding diaryl/α,β-unsaturated/α-hetero) is 1.